The number of rotatable bonds is 7. The summed E-state index contributed by atoms with van der Waals surface area (Å²) in [4.78, 5) is 27.2. The molecule has 5 nitrogen and oxygen atoms in total. The molecule has 0 aliphatic carbocycles. The van der Waals surface area contributed by atoms with Gasteiger partial charge in [-0.3, -0.25) is 9.59 Å². The highest BCUT2D eigenvalue weighted by Crippen LogP contribution is 2.27. The summed E-state index contributed by atoms with van der Waals surface area (Å²) in [5.74, 6) is 0.460. The van der Waals surface area contributed by atoms with E-state index in [1.54, 1.807) is 42.5 Å². The minimum absolute atomic E-state index is 0.0124. The zero-order chi connectivity index (χ0) is 22.3. The van der Waals surface area contributed by atoms with Crippen molar-refractivity contribution in [1.82, 2.24) is 4.90 Å². The van der Waals surface area contributed by atoms with Crippen molar-refractivity contribution in [1.29, 1.82) is 0 Å². The Morgan fingerprint density at radius 3 is 2.44 bits per heavy atom. The zero-order valence-corrected chi connectivity index (χ0v) is 19.3. The van der Waals surface area contributed by atoms with Crippen molar-refractivity contribution in [2.24, 2.45) is 0 Å². The van der Waals surface area contributed by atoms with E-state index < -0.39 is 0 Å². The molecule has 3 aromatic rings. The maximum Gasteiger partial charge on any atom is 0.255 e. The second-order valence-corrected chi connectivity index (χ2v) is 8.62. The quantitative estimate of drug-likeness (QED) is 0.469. The van der Waals surface area contributed by atoms with Gasteiger partial charge in [0, 0.05) is 36.3 Å². The molecule has 32 heavy (non-hydrogen) atoms. The summed E-state index contributed by atoms with van der Waals surface area (Å²) in [6, 6.07) is 22.5. The second kappa shape index (κ2) is 10.5. The number of amides is 2. The number of ether oxygens (including phenoxy) is 1. The number of hydrogen-bond donors (Lipinski definition) is 1. The molecule has 1 aliphatic heterocycles. The van der Waals surface area contributed by atoms with Crippen LogP contribution in [0.3, 0.4) is 0 Å². The third-order valence-corrected chi connectivity index (χ3v) is 6.07. The first-order valence-electron chi connectivity index (χ1n) is 10.8. The summed E-state index contributed by atoms with van der Waals surface area (Å²) in [6.45, 7) is 2.14. The fourth-order valence-corrected chi connectivity index (χ4v) is 4.21. The molecular weight excluding hydrogens is 468 g/mol. The molecule has 0 unspecified atom stereocenters. The van der Waals surface area contributed by atoms with Crippen LogP contribution in [0.5, 0.6) is 5.75 Å². The van der Waals surface area contributed by atoms with E-state index in [1.165, 1.54) is 5.56 Å². The zero-order valence-electron chi connectivity index (χ0n) is 17.7. The van der Waals surface area contributed by atoms with Gasteiger partial charge in [-0.2, -0.15) is 0 Å². The Labute approximate surface area is 196 Å². The highest BCUT2D eigenvalue weighted by molar-refractivity contribution is 9.10. The monoisotopic (exact) mass is 492 g/mol. The summed E-state index contributed by atoms with van der Waals surface area (Å²) in [7, 11) is 0. The Hall–Kier alpha value is -3.12. The van der Waals surface area contributed by atoms with Crippen LogP contribution in [0.1, 0.15) is 39.1 Å². The van der Waals surface area contributed by atoms with Gasteiger partial charge in [0.15, 0.2) is 0 Å². The standard InChI is InChI=1S/C26H25BrN2O3/c27-23-18-20(11-12-24(23)32-16-13-19-7-2-1-3-8-19)25(30)28-22-10-6-9-21(17-22)26(31)29-14-4-5-15-29/h1-3,6-12,17-18H,4-5,13-16H2,(H,28,30). The molecule has 1 fully saturated rings. The van der Waals surface area contributed by atoms with Crippen LogP contribution >= 0.6 is 15.9 Å². The summed E-state index contributed by atoms with van der Waals surface area (Å²) < 4.78 is 6.58. The van der Waals surface area contributed by atoms with Gasteiger partial charge in [-0.1, -0.05) is 36.4 Å². The number of carbonyl (C=O) groups excluding carboxylic acids is 2. The average Bonchev–Trinajstić information content (AvgIpc) is 3.35. The molecule has 0 aromatic heterocycles. The van der Waals surface area contributed by atoms with Crippen molar-refractivity contribution in [2.45, 2.75) is 19.3 Å². The molecule has 0 bridgehead atoms. The smallest absolute Gasteiger partial charge is 0.255 e. The Balaban J connectivity index is 1.36. The number of hydrogen-bond acceptors (Lipinski definition) is 3. The first-order valence-corrected chi connectivity index (χ1v) is 11.6. The second-order valence-electron chi connectivity index (χ2n) is 7.76. The molecule has 164 valence electrons. The summed E-state index contributed by atoms with van der Waals surface area (Å²) in [6.07, 6.45) is 2.90. The third kappa shape index (κ3) is 5.56. The average molecular weight is 493 g/mol. The van der Waals surface area contributed by atoms with Gasteiger partial charge < -0.3 is 15.0 Å². The van der Waals surface area contributed by atoms with Gasteiger partial charge >= 0.3 is 0 Å². The van der Waals surface area contributed by atoms with Crippen LogP contribution in [0.15, 0.2) is 77.3 Å². The van der Waals surface area contributed by atoms with Crippen LogP contribution in [-0.4, -0.2) is 36.4 Å². The predicted octanol–water partition coefficient (Wildman–Crippen LogP) is 5.56. The largest absolute Gasteiger partial charge is 0.492 e. The van der Waals surface area contributed by atoms with Gasteiger partial charge in [-0.05, 0) is 70.7 Å². The van der Waals surface area contributed by atoms with Gasteiger partial charge in [-0.25, -0.2) is 0 Å². The lowest BCUT2D eigenvalue weighted by Gasteiger charge is -2.16. The number of carbonyl (C=O) groups is 2. The lowest BCUT2D eigenvalue weighted by Crippen LogP contribution is -2.27. The number of nitrogens with zero attached hydrogens (tertiary/aromatic N) is 1. The third-order valence-electron chi connectivity index (χ3n) is 5.45. The first kappa shape index (κ1) is 22.1. The van der Waals surface area contributed by atoms with Crippen LogP contribution < -0.4 is 10.1 Å². The summed E-state index contributed by atoms with van der Waals surface area (Å²) >= 11 is 3.50. The first-order chi connectivity index (χ1) is 15.6. The van der Waals surface area contributed by atoms with Crippen LogP contribution in [0.25, 0.3) is 0 Å². The van der Waals surface area contributed by atoms with Crippen LogP contribution in [0.4, 0.5) is 5.69 Å². The van der Waals surface area contributed by atoms with Gasteiger partial charge in [-0.15, -0.1) is 0 Å². The molecule has 1 heterocycles. The van der Waals surface area contributed by atoms with E-state index in [-0.39, 0.29) is 11.8 Å². The number of halogens is 1. The maximum atomic E-state index is 12.7. The number of anilines is 1. The molecule has 3 aromatic carbocycles. The molecule has 0 atom stereocenters. The molecule has 1 aliphatic rings. The molecule has 1 N–H and O–H groups in total. The summed E-state index contributed by atoms with van der Waals surface area (Å²) in [5, 5.41) is 2.88. The van der Waals surface area contributed by atoms with Crippen molar-refractivity contribution in [3.63, 3.8) is 0 Å². The van der Waals surface area contributed by atoms with Gasteiger partial charge in [0.2, 0.25) is 0 Å². The Morgan fingerprint density at radius 1 is 0.906 bits per heavy atom. The highest BCUT2D eigenvalue weighted by Gasteiger charge is 2.20. The number of likely N-dealkylation sites (tertiary alicyclic amines) is 1. The van der Waals surface area contributed by atoms with E-state index in [0.29, 0.717) is 29.2 Å². The molecule has 6 heteroatoms. The van der Waals surface area contributed by atoms with Crippen LogP contribution in [-0.2, 0) is 6.42 Å². The Bertz CT molecular complexity index is 1100. The predicted molar refractivity (Wildman–Crippen MR) is 129 cm³/mol. The van der Waals surface area contributed by atoms with Crippen molar-refractivity contribution in [3.05, 3.63) is 94.0 Å². The topological polar surface area (TPSA) is 58.6 Å². The van der Waals surface area contributed by atoms with Crippen LogP contribution in [0, 0.1) is 0 Å². The normalized spacial score (nSPS) is 13.1. The van der Waals surface area contributed by atoms with Crippen molar-refractivity contribution in [3.8, 4) is 5.75 Å². The lowest BCUT2D eigenvalue weighted by molar-refractivity contribution is 0.0792. The van der Waals surface area contributed by atoms with Gasteiger partial charge in [0.1, 0.15) is 5.75 Å². The molecule has 4 rings (SSSR count). The van der Waals surface area contributed by atoms with Crippen LogP contribution in [0.2, 0.25) is 0 Å². The van der Waals surface area contributed by atoms with E-state index in [2.05, 4.69) is 33.4 Å². The fraction of sp³-hybridized carbons (Fsp3) is 0.231. The molecule has 0 spiro atoms. The minimum Gasteiger partial charge on any atom is -0.492 e. The maximum absolute atomic E-state index is 12.7. The van der Waals surface area contributed by atoms with E-state index >= 15 is 0 Å². The summed E-state index contributed by atoms with van der Waals surface area (Å²) in [5.41, 5.74) is 2.90. The van der Waals surface area contributed by atoms with E-state index in [9.17, 15) is 9.59 Å². The Morgan fingerprint density at radius 2 is 1.69 bits per heavy atom. The molecule has 0 radical (unpaired) electrons. The SMILES string of the molecule is O=C(Nc1cccc(C(=O)N2CCCC2)c1)c1ccc(OCCc2ccccc2)c(Br)c1. The van der Waals surface area contributed by atoms with Crippen molar-refractivity contribution in [2.75, 3.05) is 25.0 Å². The minimum atomic E-state index is -0.243. The van der Waals surface area contributed by atoms with Gasteiger partial charge in [0.05, 0.1) is 11.1 Å². The van der Waals surface area contributed by atoms with Crippen molar-refractivity contribution < 1.29 is 14.3 Å². The highest BCUT2D eigenvalue weighted by atomic mass is 79.9. The molecule has 1 saturated heterocycles. The van der Waals surface area contributed by atoms with E-state index in [4.69, 9.17) is 4.74 Å². The fourth-order valence-electron chi connectivity index (χ4n) is 3.72. The van der Waals surface area contributed by atoms with E-state index in [1.807, 2.05) is 23.1 Å². The number of nitrogens with one attached hydrogen (secondary N) is 1. The lowest BCUT2D eigenvalue weighted by atomic mass is 10.1. The molecule has 0 saturated carbocycles. The molecular formula is C26H25BrN2O3. The van der Waals surface area contributed by atoms with Crippen molar-refractivity contribution >= 4 is 33.4 Å². The van der Waals surface area contributed by atoms with E-state index in [0.717, 1.165) is 36.8 Å². The molecule has 2 amide bonds. The number of benzene rings is 3. The van der Waals surface area contributed by atoms with Gasteiger partial charge in [0.25, 0.3) is 11.8 Å². The Kier molecular flexibility index (Phi) is 7.22.